The van der Waals surface area contributed by atoms with Crippen LogP contribution in [0.25, 0.3) is 0 Å². The monoisotopic (exact) mass is 691 g/mol. The predicted molar refractivity (Wildman–Crippen MR) is 174 cm³/mol. The first-order valence-electron chi connectivity index (χ1n) is 15.3. The van der Waals surface area contributed by atoms with Crippen molar-refractivity contribution in [2.75, 3.05) is 24.1 Å². The van der Waals surface area contributed by atoms with E-state index < -0.39 is 34.3 Å². The van der Waals surface area contributed by atoms with Crippen molar-refractivity contribution in [3.63, 3.8) is 0 Å². The number of nitrogens with one attached hydrogen (secondary N) is 1. The minimum atomic E-state index is -4.41. The molecule has 1 fully saturated rings. The number of ether oxygens (including phenoxy) is 2. The molecule has 13 heteroatoms. The van der Waals surface area contributed by atoms with Gasteiger partial charge in [0.15, 0.2) is 11.5 Å². The molecule has 3 aromatic rings. The highest BCUT2D eigenvalue weighted by atomic mass is 35.5. The van der Waals surface area contributed by atoms with E-state index in [4.69, 9.17) is 32.7 Å². The average Bonchev–Trinajstić information content (AvgIpc) is 3.05. The normalized spacial score (nSPS) is 15.6. The Bertz CT molecular complexity index is 1670. The van der Waals surface area contributed by atoms with Crippen LogP contribution >= 0.6 is 23.2 Å². The SMILES string of the molecule is CC[C@H](C(=O)NC1CCCCC1)N(Cc1ccc(Cl)cc1Cl)C(=O)CN(c1ccc(F)cc1)S(=O)(=O)c1ccc2c(c1)OCCO2. The molecule has 1 saturated carbocycles. The van der Waals surface area contributed by atoms with E-state index in [2.05, 4.69) is 5.32 Å². The number of benzene rings is 3. The second-order valence-corrected chi connectivity index (χ2v) is 14.0. The number of amides is 2. The molecule has 0 spiro atoms. The molecule has 2 aliphatic rings. The summed E-state index contributed by atoms with van der Waals surface area (Å²) in [5.41, 5.74) is 0.597. The molecule has 5 rings (SSSR count). The summed E-state index contributed by atoms with van der Waals surface area (Å²) in [5.74, 6) is -0.897. The number of carbonyl (C=O) groups is 2. The van der Waals surface area contributed by atoms with Gasteiger partial charge in [0.05, 0.1) is 10.6 Å². The van der Waals surface area contributed by atoms with Gasteiger partial charge in [0.25, 0.3) is 10.0 Å². The highest BCUT2D eigenvalue weighted by molar-refractivity contribution is 7.92. The third-order valence-electron chi connectivity index (χ3n) is 8.19. The van der Waals surface area contributed by atoms with E-state index in [1.165, 1.54) is 35.2 Å². The molecule has 0 unspecified atom stereocenters. The maximum absolute atomic E-state index is 14.3. The number of halogens is 3. The Balaban J connectivity index is 1.51. The Labute approximate surface area is 278 Å². The highest BCUT2D eigenvalue weighted by Gasteiger charge is 2.35. The highest BCUT2D eigenvalue weighted by Crippen LogP contribution is 2.34. The van der Waals surface area contributed by atoms with Crippen LogP contribution < -0.4 is 19.1 Å². The molecule has 0 saturated heterocycles. The van der Waals surface area contributed by atoms with Gasteiger partial charge in [0, 0.05) is 28.7 Å². The smallest absolute Gasteiger partial charge is 0.264 e. The van der Waals surface area contributed by atoms with Crippen molar-refractivity contribution >= 4 is 50.7 Å². The van der Waals surface area contributed by atoms with Crippen molar-refractivity contribution in [1.82, 2.24) is 10.2 Å². The molecular weight excluding hydrogens is 656 g/mol. The number of anilines is 1. The molecule has 1 N–H and O–H groups in total. The largest absolute Gasteiger partial charge is 0.486 e. The van der Waals surface area contributed by atoms with Gasteiger partial charge in [-0.05, 0) is 73.4 Å². The summed E-state index contributed by atoms with van der Waals surface area (Å²) in [6, 6.07) is 12.9. The van der Waals surface area contributed by atoms with E-state index in [0.29, 0.717) is 28.0 Å². The molecule has 0 aromatic heterocycles. The average molecular weight is 693 g/mol. The summed E-state index contributed by atoms with van der Waals surface area (Å²) in [4.78, 5) is 29.2. The van der Waals surface area contributed by atoms with Gasteiger partial charge >= 0.3 is 0 Å². The number of hydrogen-bond donors (Lipinski definition) is 1. The predicted octanol–water partition coefficient (Wildman–Crippen LogP) is 6.36. The first-order chi connectivity index (χ1) is 22.1. The summed E-state index contributed by atoms with van der Waals surface area (Å²) in [7, 11) is -4.41. The number of hydrogen-bond acceptors (Lipinski definition) is 6. The van der Waals surface area contributed by atoms with Gasteiger partial charge in [0.1, 0.15) is 31.6 Å². The van der Waals surface area contributed by atoms with Crippen molar-refractivity contribution in [2.45, 2.75) is 69.0 Å². The van der Waals surface area contributed by atoms with Crippen molar-refractivity contribution in [3.05, 3.63) is 82.1 Å². The Kier molecular flexibility index (Phi) is 11.0. The molecule has 0 bridgehead atoms. The van der Waals surface area contributed by atoms with Gasteiger partial charge in [-0.3, -0.25) is 13.9 Å². The number of carbonyl (C=O) groups excluding carboxylic acids is 2. The first-order valence-corrected chi connectivity index (χ1v) is 17.5. The fourth-order valence-corrected chi connectivity index (χ4v) is 7.64. The van der Waals surface area contributed by atoms with Crippen LogP contribution in [-0.2, 0) is 26.2 Å². The molecule has 1 atom stereocenters. The van der Waals surface area contributed by atoms with E-state index in [1.54, 1.807) is 25.1 Å². The zero-order valence-corrected chi connectivity index (χ0v) is 27.7. The maximum atomic E-state index is 14.3. The van der Waals surface area contributed by atoms with Crippen LogP contribution in [0, 0.1) is 5.82 Å². The summed E-state index contributed by atoms with van der Waals surface area (Å²) < 4.78 is 54.4. The lowest BCUT2D eigenvalue weighted by Gasteiger charge is -2.34. The Morgan fingerprint density at radius 1 is 0.957 bits per heavy atom. The van der Waals surface area contributed by atoms with Crippen molar-refractivity contribution in [1.29, 1.82) is 0 Å². The number of nitrogens with zero attached hydrogens (tertiary/aromatic N) is 2. The fourth-order valence-electron chi connectivity index (χ4n) is 5.74. The Morgan fingerprint density at radius 3 is 2.33 bits per heavy atom. The molecule has 3 aromatic carbocycles. The lowest BCUT2D eigenvalue weighted by Crippen LogP contribution is -2.54. The Morgan fingerprint density at radius 2 is 1.65 bits per heavy atom. The summed E-state index contributed by atoms with van der Waals surface area (Å²) in [6.07, 6.45) is 5.10. The summed E-state index contributed by atoms with van der Waals surface area (Å²) in [5, 5.41) is 3.81. The van der Waals surface area contributed by atoms with E-state index >= 15 is 0 Å². The summed E-state index contributed by atoms with van der Waals surface area (Å²) in [6.45, 7) is 1.61. The lowest BCUT2D eigenvalue weighted by atomic mass is 9.95. The number of rotatable bonds is 11. The molecule has 1 heterocycles. The molecule has 1 aliphatic carbocycles. The Hall–Kier alpha value is -3.54. The van der Waals surface area contributed by atoms with Gasteiger partial charge in [-0.25, -0.2) is 12.8 Å². The minimum absolute atomic E-state index is 0.00216. The number of fused-ring (bicyclic) bond motifs is 1. The first kappa shape index (κ1) is 33.8. The van der Waals surface area contributed by atoms with Gasteiger partial charge in [-0.1, -0.05) is 55.5 Å². The van der Waals surface area contributed by atoms with Gasteiger partial charge in [-0.2, -0.15) is 0 Å². The van der Waals surface area contributed by atoms with Crippen LogP contribution in [0.3, 0.4) is 0 Å². The van der Waals surface area contributed by atoms with E-state index in [1.807, 2.05) is 0 Å². The van der Waals surface area contributed by atoms with E-state index in [-0.39, 0.29) is 47.9 Å². The third-order valence-corrected chi connectivity index (χ3v) is 10.5. The zero-order chi connectivity index (χ0) is 32.8. The lowest BCUT2D eigenvalue weighted by molar-refractivity contribution is -0.140. The van der Waals surface area contributed by atoms with Crippen LogP contribution in [0.5, 0.6) is 11.5 Å². The zero-order valence-electron chi connectivity index (χ0n) is 25.4. The van der Waals surface area contributed by atoms with Crippen molar-refractivity contribution in [3.8, 4) is 11.5 Å². The minimum Gasteiger partial charge on any atom is -0.486 e. The number of sulfonamides is 1. The molecule has 246 valence electrons. The third kappa shape index (κ3) is 7.87. The van der Waals surface area contributed by atoms with Crippen molar-refractivity contribution < 1.29 is 31.9 Å². The molecule has 0 radical (unpaired) electrons. The molecular formula is C33H36Cl2FN3O6S. The van der Waals surface area contributed by atoms with E-state index in [0.717, 1.165) is 48.5 Å². The molecule has 2 amide bonds. The summed E-state index contributed by atoms with van der Waals surface area (Å²) >= 11 is 12.6. The van der Waals surface area contributed by atoms with Crippen LogP contribution in [0.1, 0.15) is 51.0 Å². The second-order valence-electron chi connectivity index (χ2n) is 11.3. The molecule has 9 nitrogen and oxygen atoms in total. The fraction of sp³-hybridized carbons (Fsp3) is 0.394. The van der Waals surface area contributed by atoms with Gasteiger partial charge in [-0.15, -0.1) is 0 Å². The standard InChI is InChI=1S/C33H36Cl2FN3O6S/c1-2-29(33(41)37-25-6-4-3-5-7-25)38(20-22-8-9-23(34)18-28(22)35)32(40)21-39(26-12-10-24(36)11-13-26)46(42,43)27-14-15-30-31(19-27)45-17-16-44-30/h8-15,18-19,25,29H,2-7,16-17,20-21H2,1H3,(H,37,41)/t29-/m1/s1. The van der Waals surface area contributed by atoms with Crippen LogP contribution in [0.4, 0.5) is 10.1 Å². The molecule has 1 aliphatic heterocycles. The quantitative estimate of drug-likeness (QED) is 0.251. The van der Waals surface area contributed by atoms with Gasteiger partial charge in [0.2, 0.25) is 11.8 Å². The second kappa shape index (κ2) is 14.9. The van der Waals surface area contributed by atoms with Crippen molar-refractivity contribution in [2.24, 2.45) is 0 Å². The van der Waals surface area contributed by atoms with Crippen LogP contribution in [-0.4, -0.2) is 57.0 Å². The van der Waals surface area contributed by atoms with Crippen LogP contribution in [0.15, 0.2) is 65.6 Å². The van der Waals surface area contributed by atoms with E-state index in [9.17, 15) is 22.4 Å². The maximum Gasteiger partial charge on any atom is 0.264 e. The van der Waals surface area contributed by atoms with Gasteiger partial charge < -0.3 is 19.7 Å². The topological polar surface area (TPSA) is 105 Å². The van der Waals surface area contributed by atoms with Crippen LogP contribution in [0.2, 0.25) is 10.0 Å². The molecule has 46 heavy (non-hydrogen) atoms.